The van der Waals surface area contributed by atoms with Crippen molar-refractivity contribution in [2.24, 2.45) is 0 Å². The van der Waals surface area contributed by atoms with Gasteiger partial charge in [-0.25, -0.2) is 9.97 Å². The molecule has 0 radical (unpaired) electrons. The number of anilines is 2. The summed E-state index contributed by atoms with van der Waals surface area (Å²) in [5.41, 5.74) is 0. The Hall–Kier alpha value is -1.85. The Bertz CT molecular complexity index is 445. The van der Waals surface area contributed by atoms with Gasteiger partial charge in [0.1, 0.15) is 18.0 Å². The molecule has 0 saturated carbocycles. The van der Waals surface area contributed by atoms with Crippen LogP contribution < -0.4 is 10.2 Å². The minimum Gasteiger partial charge on any atom is -0.370 e. The molecule has 0 aromatic carbocycles. The van der Waals surface area contributed by atoms with E-state index in [2.05, 4.69) is 22.2 Å². The highest BCUT2D eigenvalue weighted by Gasteiger charge is 2.19. The number of amides is 1. The van der Waals surface area contributed by atoms with Crippen molar-refractivity contribution in [2.75, 3.05) is 43.4 Å². The minimum atomic E-state index is 0.173. The number of nitrogens with one attached hydrogen (secondary N) is 1. The topological polar surface area (TPSA) is 61.4 Å². The van der Waals surface area contributed by atoms with E-state index < -0.39 is 0 Å². The maximum absolute atomic E-state index is 12.1. The van der Waals surface area contributed by atoms with E-state index in [0.717, 1.165) is 50.5 Å². The Morgan fingerprint density at radius 3 is 2.85 bits per heavy atom. The van der Waals surface area contributed by atoms with Gasteiger partial charge < -0.3 is 15.1 Å². The van der Waals surface area contributed by atoms with Gasteiger partial charge in [0.25, 0.3) is 0 Å². The van der Waals surface area contributed by atoms with E-state index in [4.69, 9.17) is 0 Å². The zero-order valence-corrected chi connectivity index (χ0v) is 12.3. The molecule has 0 atom stereocenters. The van der Waals surface area contributed by atoms with Crippen molar-refractivity contribution in [1.29, 1.82) is 0 Å². The lowest BCUT2D eigenvalue weighted by Gasteiger charge is -2.22. The van der Waals surface area contributed by atoms with Crippen molar-refractivity contribution in [2.45, 2.75) is 26.2 Å². The van der Waals surface area contributed by atoms with Gasteiger partial charge in [-0.1, -0.05) is 6.92 Å². The van der Waals surface area contributed by atoms with Gasteiger partial charge >= 0.3 is 0 Å². The zero-order chi connectivity index (χ0) is 14.4. The fourth-order valence-electron chi connectivity index (χ4n) is 2.26. The largest absolute Gasteiger partial charge is 0.370 e. The number of carbonyl (C=O) groups excluding carboxylic acids is 1. The molecule has 1 aliphatic heterocycles. The molecule has 2 heterocycles. The van der Waals surface area contributed by atoms with Crippen LogP contribution in [-0.2, 0) is 4.79 Å². The second kappa shape index (κ2) is 7.07. The number of likely N-dealkylation sites (N-methyl/N-ethyl adjacent to an activating group) is 1. The van der Waals surface area contributed by atoms with E-state index >= 15 is 0 Å². The van der Waals surface area contributed by atoms with Crippen LogP contribution in [-0.4, -0.2) is 54.0 Å². The van der Waals surface area contributed by atoms with Gasteiger partial charge in [-0.15, -0.1) is 0 Å². The number of hydrogen-bond acceptors (Lipinski definition) is 5. The Morgan fingerprint density at radius 1 is 1.40 bits per heavy atom. The van der Waals surface area contributed by atoms with Gasteiger partial charge in [0, 0.05) is 32.7 Å². The molecular weight excluding hydrogens is 254 g/mol. The van der Waals surface area contributed by atoms with Crippen LogP contribution in [0.3, 0.4) is 0 Å². The maximum Gasteiger partial charge on any atom is 0.242 e. The lowest BCUT2D eigenvalue weighted by molar-refractivity contribution is -0.128. The van der Waals surface area contributed by atoms with Gasteiger partial charge in [-0.3, -0.25) is 4.79 Å². The summed E-state index contributed by atoms with van der Waals surface area (Å²) in [6.07, 6.45) is 4.81. The molecule has 1 aromatic rings. The van der Waals surface area contributed by atoms with Crippen LogP contribution >= 0.6 is 0 Å². The summed E-state index contributed by atoms with van der Waals surface area (Å²) in [4.78, 5) is 24.3. The van der Waals surface area contributed by atoms with Crippen LogP contribution in [0, 0.1) is 0 Å². The first-order chi connectivity index (χ1) is 9.70. The van der Waals surface area contributed by atoms with Crippen molar-refractivity contribution in [3.63, 3.8) is 0 Å². The molecule has 110 valence electrons. The van der Waals surface area contributed by atoms with Gasteiger partial charge in [-0.05, 0) is 19.3 Å². The van der Waals surface area contributed by atoms with Crippen LogP contribution in [0.4, 0.5) is 11.6 Å². The normalized spacial score (nSPS) is 14.4. The Kier molecular flexibility index (Phi) is 5.15. The smallest absolute Gasteiger partial charge is 0.242 e. The Morgan fingerprint density at radius 2 is 2.15 bits per heavy atom. The number of hydrogen-bond donors (Lipinski definition) is 1. The fraction of sp³-hybridized carbons (Fsp3) is 0.643. The van der Waals surface area contributed by atoms with E-state index in [1.807, 2.05) is 22.9 Å². The number of likely N-dealkylation sites (tertiary alicyclic amines) is 1. The summed E-state index contributed by atoms with van der Waals surface area (Å²) in [7, 11) is 1.89. The highest BCUT2D eigenvalue weighted by molar-refractivity contribution is 5.81. The third-order valence-corrected chi connectivity index (χ3v) is 3.43. The third-order valence-electron chi connectivity index (χ3n) is 3.43. The van der Waals surface area contributed by atoms with Gasteiger partial charge in [0.2, 0.25) is 5.91 Å². The van der Waals surface area contributed by atoms with Gasteiger partial charge in [0.05, 0.1) is 6.54 Å². The van der Waals surface area contributed by atoms with Crippen LogP contribution in [0.15, 0.2) is 12.4 Å². The molecular formula is C14H23N5O. The van der Waals surface area contributed by atoms with Crippen molar-refractivity contribution >= 4 is 17.5 Å². The average molecular weight is 277 g/mol. The molecule has 1 fully saturated rings. The molecule has 0 aliphatic carbocycles. The molecule has 0 spiro atoms. The summed E-state index contributed by atoms with van der Waals surface area (Å²) in [5, 5.41) is 3.22. The molecule has 6 nitrogen and oxygen atoms in total. The van der Waals surface area contributed by atoms with Crippen LogP contribution in [0.2, 0.25) is 0 Å². The second-order valence-electron chi connectivity index (χ2n) is 5.13. The Labute approximate surface area is 120 Å². The summed E-state index contributed by atoms with van der Waals surface area (Å²) >= 11 is 0. The van der Waals surface area contributed by atoms with Gasteiger partial charge in [0.15, 0.2) is 0 Å². The molecule has 1 aromatic heterocycles. The quantitative estimate of drug-likeness (QED) is 0.850. The van der Waals surface area contributed by atoms with Crippen LogP contribution in [0.5, 0.6) is 0 Å². The molecule has 0 bridgehead atoms. The number of nitrogens with zero attached hydrogens (tertiary/aromatic N) is 4. The summed E-state index contributed by atoms with van der Waals surface area (Å²) < 4.78 is 0. The molecule has 0 unspecified atom stereocenters. The molecule has 1 N–H and O–H groups in total. The van der Waals surface area contributed by atoms with E-state index in [9.17, 15) is 4.79 Å². The average Bonchev–Trinajstić information content (AvgIpc) is 2.99. The molecule has 2 rings (SSSR count). The first-order valence-electron chi connectivity index (χ1n) is 7.25. The summed E-state index contributed by atoms with van der Waals surface area (Å²) in [5.74, 6) is 1.75. The molecule has 1 aliphatic rings. The van der Waals surface area contributed by atoms with E-state index in [-0.39, 0.29) is 5.91 Å². The number of rotatable bonds is 6. The third kappa shape index (κ3) is 3.82. The molecule has 1 amide bonds. The minimum absolute atomic E-state index is 0.173. The highest BCUT2D eigenvalue weighted by Crippen LogP contribution is 2.14. The lowest BCUT2D eigenvalue weighted by Crippen LogP contribution is -2.37. The van der Waals surface area contributed by atoms with E-state index in [1.165, 1.54) is 6.33 Å². The monoisotopic (exact) mass is 277 g/mol. The SMILES string of the molecule is CCCNc1cc(N(C)CC(=O)N2CCCC2)ncn1. The van der Waals surface area contributed by atoms with Crippen LogP contribution in [0.1, 0.15) is 26.2 Å². The predicted molar refractivity (Wildman–Crippen MR) is 79.9 cm³/mol. The maximum atomic E-state index is 12.1. The highest BCUT2D eigenvalue weighted by atomic mass is 16.2. The van der Waals surface area contributed by atoms with E-state index in [1.54, 1.807) is 0 Å². The van der Waals surface area contributed by atoms with Crippen molar-refractivity contribution in [3.05, 3.63) is 12.4 Å². The number of aromatic nitrogens is 2. The van der Waals surface area contributed by atoms with Crippen molar-refractivity contribution in [3.8, 4) is 0 Å². The summed E-state index contributed by atoms with van der Waals surface area (Å²) in [6.45, 7) is 5.13. The second-order valence-corrected chi connectivity index (χ2v) is 5.13. The van der Waals surface area contributed by atoms with Gasteiger partial charge in [-0.2, -0.15) is 0 Å². The number of carbonyl (C=O) groups is 1. The first-order valence-corrected chi connectivity index (χ1v) is 7.25. The van der Waals surface area contributed by atoms with E-state index in [0.29, 0.717) is 6.54 Å². The van der Waals surface area contributed by atoms with Crippen molar-refractivity contribution in [1.82, 2.24) is 14.9 Å². The summed E-state index contributed by atoms with van der Waals surface area (Å²) in [6, 6.07) is 1.88. The first kappa shape index (κ1) is 14.6. The lowest BCUT2D eigenvalue weighted by atomic mass is 10.4. The fourth-order valence-corrected chi connectivity index (χ4v) is 2.26. The molecule has 1 saturated heterocycles. The molecule has 20 heavy (non-hydrogen) atoms. The Balaban J connectivity index is 1.93. The van der Waals surface area contributed by atoms with Crippen molar-refractivity contribution < 1.29 is 4.79 Å². The standard InChI is InChI=1S/C14H23N5O/c1-3-6-15-12-9-13(17-11-16-12)18(2)10-14(20)19-7-4-5-8-19/h9,11H,3-8,10H2,1-2H3,(H,15,16,17). The molecule has 6 heteroatoms. The predicted octanol–water partition coefficient (Wildman–Crippen LogP) is 1.36. The zero-order valence-electron chi connectivity index (χ0n) is 12.3. The van der Waals surface area contributed by atoms with Crippen LogP contribution in [0.25, 0.3) is 0 Å².